The second-order valence-corrected chi connectivity index (χ2v) is 6.36. The number of nitrogen functional groups attached to an aromatic ring is 1. The molecule has 3 heteroatoms. The molecular formula is C17H26N2O. The maximum Gasteiger partial charge on any atom is 0.220 e. The van der Waals surface area contributed by atoms with Gasteiger partial charge in [-0.15, -0.1) is 0 Å². The predicted molar refractivity (Wildman–Crippen MR) is 83.4 cm³/mol. The number of benzene rings is 1. The number of rotatable bonds is 4. The van der Waals surface area contributed by atoms with E-state index in [0.717, 1.165) is 18.0 Å². The molecule has 1 aliphatic carbocycles. The van der Waals surface area contributed by atoms with Gasteiger partial charge in [0.05, 0.1) is 0 Å². The third-order valence-corrected chi connectivity index (χ3v) is 4.81. The third-order valence-electron chi connectivity index (χ3n) is 4.81. The van der Waals surface area contributed by atoms with Gasteiger partial charge in [-0.2, -0.15) is 0 Å². The Kier molecular flexibility index (Phi) is 4.69. The van der Waals surface area contributed by atoms with Crippen LogP contribution in [-0.2, 0) is 4.79 Å². The standard InChI is InChI=1S/C17H26N2O/c1-11-4-9-16(13(11)3)19-17(20)10-12(2)14-5-7-15(18)8-6-14/h5-8,11-13,16H,4,9-10,18H2,1-3H3,(H,19,20). The van der Waals surface area contributed by atoms with Gasteiger partial charge in [0.25, 0.3) is 0 Å². The van der Waals surface area contributed by atoms with Crippen molar-refractivity contribution in [1.82, 2.24) is 5.32 Å². The van der Waals surface area contributed by atoms with E-state index in [1.165, 1.54) is 12.0 Å². The topological polar surface area (TPSA) is 55.1 Å². The zero-order valence-corrected chi connectivity index (χ0v) is 12.7. The van der Waals surface area contributed by atoms with E-state index in [9.17, 15) is 4.79 Å². The maximum absolute atomic E-state index is 12.2. The molecule has 0 aromatic heterocycles. The molecule has 1 saturated carbocycles. The van der Waals surface area contributed by atoms with Crippen LogP contribution in [0.4, 0.5) is 5.69 Å². The fourth-order valence-electron chi connectivity index (χ4n) is 3.05. The minimum absolute atomic E-state index is 0.167. The number of hydrogen-bond acceptors (Lipinski definition) is 2. The van der Waals surface area contributed by atoms with Crippen LogP contribution in [0.15, 0.2) is 24.3 Å². The van der Waals surface area contributed by atoms with Gasteiger partial charge in [0.2, 0.25) is 5.91 Å². The van der Waals surface area contributed by atoms with Crippen LogP contribution in [0.1, 0.15) is 51.5 Å². The third kappa shape index (κ3) is 3.53. The summed E-state index contributed by atoms with van der Waals surface area (Å²) < 4.78 is 0. The van der Waals surface area contributed by atoms with Crippen LogP contribution in [0, 0.1) is 11.8 Å². The van der Waals surface area contributed by atoms with E-state index in [0.29, 0.717) is 18.4 Å². The lowest BCUT2D eigenvalue weighted by Crippen LogP contribution is -2.37. The van der Waals surface area contributed by atoms with Crippen molar-refractivity contribution >= 4 is 11.6 Å². The molecule has 1 aromatic carbocycles. The molecule has 1 amide bonds. The molecule has 0 heterocycles. The van der Waals surface area contributed by atoms with E-state index in [1.54, 1.807) is 0 Å². The van der Waals surface area contributed by atoms with Gasteiger partial charge >= 0.3 is 0 Å². The molecule has 0 radical (unpaired) electrons. The first-order chi connectivity index (χ1) is 9.47. The van der Waals surface area contributed by atoms with Crippen LogP contribution < -0.4 is 11.1 Å². The van der Waals surface area contributed by atoms with Gasteiger partial charge in [0.15, 0.2) is 0 Å². The molecule has 1 aromatic rings. The number of nitrogens with two attached hydrogens (primary N) is 1. The lowest BCUT2D eigenvalue weighted by Gasteiger charge is -2.21. The number of anilines is 1. The molecule has 4 unspecified atom stereocenters. The van der Waals surface area contributed by atoms with Crippen LogP contribution in [0.5, 0.6) is 0 Å². The highest BCUT2D eigenvalue weighted by molar-refractivity contribution is 5.77. The predicted octanol–water partition coefficient (Wildman–Crippen LogP) is 3.31. The summed E-state index contributed by atoms with van der Waals surface area (Å²) in [5.74, 6) is 1.70. The summed E-state index contributed by atoms with van der Waals surface area (Å²) in [6.45, 7) is 6.60. The average Bonchev–Trinajstić information content (AvgIpc) is 2.71. The minimum Gasteiger partial charge on any atom is -0.399 e. The van der Waals surface area contributed by atoms with Crippen LogP contribution in [0.25, 0.3) is 0 Å². The molecule has 3 nitrogen and oxygen atoms in total. The van der Waals surface area contributed by atoms with Crippen molar-refractivity contribution in [3.8, 4) is 0 Å². The summed E-state index contributed by atoms with van der Waals surface area (Å²) in [6, 6.07) is 8.16. The van der Waals surface area contributed by atoms with E-state index < -0.39 is 0 Å². The molecule has 110 valence electrons. The van der Waals surface area contributed by atoms with Crippen molar-refractivity contribution in [2.24, 2.45) is 11.8 Å². The van der Waals surface area contributed by atoms with E-state index in [2.05, 4.69) is 26.1 Å². The van der Waals surface area contributed by atoms with Crippen LogP contribution in [0.2, 0.25) is 0 Å². The highest BCUT2D eigenvalue weighted by atomic mass is 16.1. The normalized spacial score (nSPS) is 27.2. The van der Waals surface area contributed by atoms with E-state index in [1.807, 2.05) is 24.3 Å². The first kappa shape index (κ1) is 14.9. The smallest absolute Gasteiger partial charge is 0.220 e. The van der Waals surface area contributed by atoms with Gasteiger partial charge in [-0.1, -0.05) is 32.9 Å². The summed E-state index contributed by atoms with van der Waals surface area (Å²) >= 11 is 0. The zero-order valence-electron chi connectivity index (χ0n) is 12.7. The molecule has 1 aliphatic rings. The molecule has 20 heavy (non-hydrogen) atoms. The number of carbonyl (C=O) groups is 1. The summed E-state index contributed by atoms with van der Waals surface area (Å²) in [5.41, 5.74) is 7.62. The second kappa shape index (κ2) is 6.29. The average molecular weight is 274 g/mol. The lowest BCUT2D eigenvalue weighted by atomic mass is 9.95. The van der Waals surface area contributed by atoms with Crippen LogP contribution in [-0.4, -0.2) is 11.9 Å². The number of carbonyl (C=O) groups excluding carboxylic acids is 1. The lowest BCUT2D eigenvalue weighted by molar-refractivity contribution is -0.122. The van der Waals surface area contributed by atoms with Crippen LogP contribution in [0.3, 0.4) is 0 Å². The molecule has 2 rings (SSSR count). The van der Waals surface area contributed by atoms with E-state index >= 15 is 0 Å². The second-order valence-electron chi connectivity index (χ2n) is 6.36. The van der Waals surface area contributed by atoms with Crippen LogP contribution >= 0.6 is 0 Å². The Morgan fingerprint density at radius 2 is 1.95 bits per heavy atom. The quantitative estimate of drug-likeness (QED) is 0.828. The molecule has 0 aliphatic heterocycles. The van der Waals surface area contributed by atoms with E-state index in [-0.39, 0.29) is 11.8 Å². The molecule has 4 atom stereocenters. The van der Waals surface area contributed by atoms with Crippen molar-refractivity contribution < 1.29 is 4.79 Å². The first-order valence-electron chi connectivity index (χ1n) is 7.62. The summed E-state index contributed by atoms with van der Waals surface area (Å²) in [6.07, 6.45) is 2.88. The van der Waals surface area contributed by atoms with Crippen molar-refractivity contribution in [2.75, 3.05) is 5.73 Å². The molecule has 0 saturated heterocycles. The molecule has 1 fully saturated rings. The summed E-state index contributed by atoms with van der Waals surface area (Å²) in [7, 11) is 0. The Labute approximate surface area is 121 Å². The van der Waals surface area contributed by atoms with Gasteiger partial charge in [0, 0.05) is 18.2 Å². The van der Waals surface area contributed by atoms with Crippen molar-refractivity contribution in [3.63, 3.8) is 0 Å². The Morgan fingerprint density at radius 3 is 2.50 bits per heavy atom. The highest BCUT2D eigenvalue weighted by Gasteiger charge is 2.30. The SMILES string of the molecule is CC(CC(=O)NC1CCC(C)C1C)c1ccc(N)cc1. The fourth-order valence-corrected chi connectivity index (χ4v) is 3.05. The Morgan fingerprint density at radius 1 is 1.30 bits per heavy atom. The zero-order chi connectivity index (χ0) is 14.7. The Bertz CT molecular complexity index is 455. The Balaban J connectivity index is 1.86. The van der Waals surface area contributed by atoms with Crippen molar-refractivity contribution in [3.05, 3.63) is 29.8 Å². The molecule has 0 spiro atoms. The largest absolute Gasteiger partial charge is 0.399 e. The summed E-state index contributed by atoms with van der Waals surface area (Å²) in [5, 5.41) is 3.21. The van der Waals surface area contributed by atoms with Crippen molar-refractivity contribution in [2.45, 2.75) is 52.0 Å². The number of hydrogen-bond donors (Lipinski definition) is 2. The van der Waals surface area contributed by atoms with Gasteiger partial charge in [-0.05, 0) is 48.3 Å². The molecular weight excluding hydrogens is 248 g/mol. The van der Waals surface area contributed by atoms with Gasteiger partial charge < -0.3 is 11.1 Å². The van der Waals surface area contributed by atoms with E-state index in [4.69, 9.17) is 5.73 Å². The first-order valence-corrected chi connectivity index (χ1v) is 7.62. The fraction of sp³-hybridized carbons (Fsp3) is 0.588. The van der Waals surface area contributed by atoms with Gasteiger partial charge in [0.1, 0.15) is 0 Å². The highest BCUT2D eigenvalue weighted by Crippen LogP contribution is 2.31. The maximum atomic E-state index is 12.2. The van der Waals surface area contributed by atoms with Crippen molar-refractivity contribution in [1.29, 1.82) is 0 Å². The summed E-state index contributed by atoms with van der Waals surface area (Å²) in [4.78, 5) is 12.2. The monoisotopic (exact) mass is 274 g/mol. The number of nitrogens with one attached hydrogen (secondary N) is 1. The number of amides is 1. The van der Waals surface area contributed by atoms with Gasteiger partial charge in [-0.3, -0.25) is 4.79 Å². The molecule has 0 bridgehead atoms. The van der Waals surface area contributed by atoms with Gasteiger partial charge in [-0.25, -0.2) is 0 Å². The molecule has 3 N–H and O–H groups in total. The minimum atomic E-state index is 0.167. The Hall–Kier alpha value is -1.51.